The molecule has 1 amide bonds. The van der Waals surface area contributed by atoms with E-state index in [4.69, 9.17) is 26.2 Å². The summed E-state index contributed by atoms with van der Waals surface area (Å²) in [5.41, 5.74) is 6.02. The van der Waals surface area contributed by atoms with E-state index in [9.17, 15) is 4.79 Å². The lowest BCUT2D eigenvalue weighted by molar-refractivity contribution is 0.0740. The van der Waals surface area contributed by atoms with Crippen molar-refractivity contribution in [3.05, 3.63) is 119 Å². The summed E-state index contributed by atoms with van der Waals surface area (Å²) in [6, 6.07) is 31.6. The Hall–Kier alpha value is -4.55. The quantitative estimate of drug-likeness (QED) is 0.158. The van der Waals surface area contributed by atoms with E-state index in [1.807, 2.05) is 77.7 Å². The number of nitrogens with zero attached hydrogens (tertiary/aromatic N) is 3. The number of hydrogen-bond acceptors (Lipinski definition) is 4. The highest BCUT2D eigenvalue weighted by molar-refractivity contribution is 6.30. The van der Waals surface area contributed by atoms with Crippen molar-refractivity contribution in [2.45, 2.75) is 26.3 Å². The Bertz CT molecular complexity index is 1650. The largest absolute Gasteiger partial charge is 0.497 e. The second-order valence-corrected chi connectivity index (χ2v) is 10.4. The lowest BCUT2D eigenvalue weighted by atomic mass is 10.0. The third kappa shape index (κ3) is 6.34. The summed E-state index contributed by atoms with van der Waals surface area (Å²) in [4.78, 5) is 16.2. The number of benzene rings is 4. The van der Waals surface area contributed by atoms with Crippen molar-refractivity contribution >= 4 is 17.5 Å². The predicted molar refractivity (Wildman–Crippen MR) is 169 cm³/mol. The van der Waals surface area contributed by atoms with Crippen molar-refractivity contribution in [1.29, 1.82) is 0 Å². The summed E-state index contributed by atoms with van der Waals surface area (Å²) in [6.07, 6.45) is 3.49. The Morgan fingerprint density at radius 2 is 1.60 bits per heavy atom. The fraction of sp³-hybridized carbons (Fsp3) is 0.200. The molecule has 0 fully saturated rings. The molecule has 1 aromatic heterocycles. The lowest BCUT2D eigenvalue weighted by Gasteiger charge is -2.24. The first-order valence-electron chi connectivity index (χ1n) is 14.0. The van der Waals surface area contributed by atoms with Crippen LogP contribution in [0, 0.1) is 0 Å². The maximum absolute atomic E-state index is 14.4. The Morgan fingerprint density at radius 1 is 0.857 bits per heavy atom. The maximum Gasteiger partial charge on any atom is 0.258 e. The third-order valence-electron chi connectivity index (χ3n) is 7.24. The van der Waals surface area contributed by atoms with Gasteiger partial charge in [0.15, 0.2) is 0 Å². The molecule has 214 valence electrons. The Morgan fingerprint density at radius 3 is 2.29 bits per heavy atom. The van der Waals surface area contributed by atoms with Crippen LogP contribution in [0.3, 0.4) is 0 Å². The van der Waals surface area contributed by atoms with Gasteiger partial charge in [0, 0.05) is 35.3 Å². The molecule has 0 atom stereocenters. The molecule has 5 rings (SSSR count). The SMILES string of the molecule is CCCCN(Cc1ccc(OC)cc1OC)C(=O)c1cnn(-c2cccc(Cl)c2)c1-c1ccc(-c2ccccc2)cc1. The van der Waals surface area contributed by atoms with Crippen molar-refractivity contribution in [2.75, 3.05) is 20.8 Å². The van der Waals surface area contributed by atoms with Crippen LogP contribution in [0.4, 0.5) is 0 Å². The van der Waals surface area contributed by atoms with Gasteiger partial charge in [0.1, 0.15) is 11.5 Å². The molecule has 5 aromatic rings. The Labute approximate surface area is 252 Å². The van der Waals surface area contributed by atoms with E-state index >= 15 is 0 Å². The standard InChI is InChI=1S/C35H34ClN3O3/c1-4-5-20-38(24-28-18-19-31(41-2)22-33(28)42-3)35(40)32-23-37-39(30-13-9-12-29(36)21-30)34(32)27-16-14-26(15-17-27)25-10-7-6-8-11-25/h6-19,21-23H,4-5,20,24H2,1-3H3. The molecule has 0 radical (unpaired) electrons. The molecule has 0 aliphatic heterocycles. The van der Waals surface area contributed by atoms with E-state index < -0.39 is 0 Å². The zero-order valence-corrected chi connectivity index (χ0v) is 24.8. The zero-order valence-electron chi connectivity index (χ0n) is 24.1. The smallest absolute Gasteiger partial charge is 0.258 e. The number of halogens is 1. The summed E-state index contributed by atoms with van der Waals surface area (Å²) < 4.78 is 12.8. The van der Waals surface area contributed by atoms with Crippen LogP contribution in [0.2, 0.25) is 5.02 Å². The molecule has 1 heterocycles. The molecule has 0 aliphatic carbocycles. The zero-order chi connectivity index (χ0) is 29.5. The molecule has 0 spiro atoms. The van der Waals surface area contributed by atoms with Crippen molar-refractivity contribution in [2.24, 2.45) is 0 Å². The van der Waals surface area contributed by atoms with Crippen LogP contribution in [0.5, 0.6) is 11.5 Å². The van der Waals surface area contributed by atoms with Gasteiger partial charge in [-0.1, -0.05) is 85.6 Å². The van der Waals surface area contributed by atoms with Gasteiger partial charge in [0.25, 0.3) is 5.91 Å². The third-order valence-corrected chi connectivity index (χ3v) is 7.48. The molecule has 7 heteroatoms. The number of hydrogen-bond donors (Lipinski definition) is 0. The van der Waals surface area contributed by atoms with Crippen LogP contribution in [-0.4, -0.2) is 41.4 Å². The van der Waals surface area contributed by atoms with Crippen molar-refractivity contribution in [1.82, 2.24) is 14.7 Å². The molecule has 6 nitrogen and oxygen atoms in total. The van der Waals surface area contributed by atoms with Crippen LogP contribution >= 0.6 is 11.6 Å². The molecule has 0 bridgehead atoms. The summed E-state index contributed by atoms with van der Waals surface area (Å²) in [6.45, 7) is 3.10. The first kappa shape index (κ1) is 29.0. The monoisotopic (exact) mass is 579 g/mol. The summed E-state index contributed by atoms with van der Waals surface area (Å²) >= 11 is 6.36. The van der Waals surface area contributed by atoms with E-state index in [1.54, 1.807) is 25.1 Å². The van der Waals surface area contributed by atoms with E-state index in [0.29, 0.717) is 40.9 Å². The van der Waals surface area contributed by atoms with Crippen LogP contribution in [0.25, 0.3) is 28.1 Å². The number of unbranched alkanes of at least 4 members (excludes halogenated alkanes) is 1. The van der Waals surface area contributed by atoms with Crippen LogP contribution < -0.4 is 9.47 Å². The number of ether oxygens (including phenoxy) is 2. The number of rotatable bonds is 11. The average Bonchev–Trinajstić information content (AvgIpc) is 3.48. The minimum absolute atomic E-state index is 0.100. The highest BCUT2D eigenvalue weighted by Crippen LogP contribution is 2.32. The topological polar surface area (TPSA) is 56.6 Å². The molecule has 0 saturated carbocycles. The average molecular weight is 580 g/mol. The number of amides is 1. The second kappa shape index (κ2) is 13.4. The molecule has 0 N–H and O–H groups in total. The normalized spacial score (nSPS) is 10.9. The van der Waals surface area contributed by atoms with Crippen LogP contribution in [-0.2, 0) is 6.54 Å². The van der Waals surface area contributed by atoms with Gasteiger partial charge in [0.2, 0.25) is 0 Å². The summed E-state index contributed by atoms with van der Waals surface area (Å²) in [5.74, 6) is 1.28. The lowest BCUT2D eigenvalue weighted by Crippen LogP contribution is -2.32. The van der Waals surface area contributed by atoms with E-state index in [1.165, 1.54) is 0 Å². The fourth-order valence-electron chi connectivity index (χ4n) is 5.00. The van der Waals surface area contributed by atoms with Crippen molar-refractivity contribution < 1.29 is 14.3 Å². The van der Waals surface area contributed by atoms with Gasteiger partial charge in [-0.2, -0.15) is 5.10 Å². The van der Waals surface area contributed by atoms with Gasteiger partial charge in [-0.15, -0.1) is 0 Å². The first-order chi connectivity index (χ1) is 20.5. The second-order valence-electron chi connectivity index (χ2n) is 10.00. The van der Waals surface area contributed by atoms with Gasteiger partial charge in [-0.05, 0) is 47.9 Å². The molecule has 4 aromatic carbocycles. The maximum atomic E-state index is 14.4. The van der Waals surface area contributed by atoms with Gasteiger partial charge in [-0.25, -0.2) is 4.68 Å². The van der Waals surface area contributed by atoms with Gasteiger partial charge in [-0.3, -0.25) is 4.79 Å². The highest BCUT2D eigenvalue weighted by atomic mass is 35.5. The molecule has 0 unspecified atom stereocenters. The fourth-order valence-corrected chi connectivity index (χ4v) is 5.18. The summed E-state index contributed by atoms with van der Waals surface area (Å²) in [5, 5.41) is 5.30. The number of carbonyl (C=O) groups is 1. The Kier molecular flexibility index (Phi) is 9.25. The molecular formula is C35H34ClN3O3. The van der Waals surface area contributed by atoms with Crippen LogP contribution in [0.15, 0.2) is 103 Å². The molecule has 0 aliphatic rings. The van der Waals surface area contributed by atoms with Gasteiger partial charge < -0.3 is 14.4 Å². The molecule has 0 saturated heterocycles. The van der Waals surface area contributed by atoms with Gasteiger partial charge in [0.05, 0.1) is 37.4 Å². The van der Waals surface area contributed by atoms with Crippen LogP contribution in [0.1, 0.15) is 35.7 Å². The van der Waals surface area contributed by atoms with E-state index in [-0.39, 0.29) is 5.91 Å². The first-order valence-corrected chi connectivity index (χ1v) is 14.4. The minimum atomic E-state index is -0.100. The number of carbonyl (C=O) groups excluding carboxylic acids is 1. The van der Waals surface area contributed by atoms with Crippen molar-refractivity contribution in [3.8, 4) is 39.6 Å². The molecular weight excluding hydrogens is 546 g/mol. The number of aromatic nitrogens is 2. The van der Waals surface area contributed by atoms with Gasteiger partial charge >= 0.3 is 0 Å². The van der Waals surface area contributed by atoms with E-state index in [0.717, 1.165) is 40.8 Å². The van der Waals surface area contributed by atoms with E-state index in [2.05, 4.69) is 31.2 Å². The molecule has 42 heavy (non-hydrogen) atoms. The predicted octanol–water partition coefficient (Wildman–Crippen LogP) is 8.32. The Balaban J connectivity index is 1.58. The highest BCUT2D eigenvalue weighted by Gasteiger charge is 2.25. The summed E-state index contributed by atoms with van der Waals surface area (Å²) in [7, 11) is 3.25. The van der Waals surface area contributed by atoms with Crippen molar-refractivity contribution in [3.63, 3.8) is 0 Å². The number of methoxy groups -OCH3 is 2. The minimum Gasteiger partial charge on any atom is -0.497 e.